The van der Waals surface area contributed by atoms with E-state index in [-0.39, 0.29) is 6.54 Å². The lowest BCUT2D eigenvalue weighted by Gasteiger charge is -2.35. The maximum absolute atomic E-state index is 12.0. The van der Waals surface area contributed by atoms with Crippen LogP contribution in [0.25, 0.3) is 10.9 Å². The molecule has 2 heterocycles. The van der Waals surface area contributed by atoms with Gasteiger partial charge in [0.15, 0.2) is 0 Å². The highest BCUT2D eigenvalue weighted by Crippen LogP contribution is 2.34. The Balaban J connectivity index is 2.03. The fourth-order valence-corrected chi connectivity index (χ4v) is 3.56. The zero-order valence-corrected chi connectivity index (χ0v) is 13.0. The van der Waals surface area contributed by atoms with Gasteiger partial charge in [-0.05, 0) is 32.4 Å². The number of rotatable bonds is 4. The van der Waals surface area contributed by atoms with Crippen molar-refractivity contribution in [3.05, 3.63) is 35.5 Å². The number of aromatic nitrogens is 1. The van der Waals surface area contributed by atoms with Crippen LogP contribution in [0.2, 0.25) is 0 Å². The summed E-state index contributed by atoms with van der Waals surface area (Å²) < 4.78 is 0. The van der Waals surface area contributed by atoms with E-state index in [1.165, 1.54) is 0 Å². The molecule has 1 aliphatic rings. The minimum atomic E-state index is -0.941. The number of nitrogens with one attached hydrogen (secondary N) is 1. The summed E-state index contributed by atoms with van der Waals surface area (Å²) in [6, 6.07) is 6.78. The molecule has 122 valence electrons. The zero-order chi connectivity index (χ0) is 16.6. The molecule has 1 aliphatic heterocycles. The van der Waals surface area contributed by atoms with Crippen molar-refractivity contribution in [3.63, 3.8) is 0 Å². The number of carbonyl (C=O) groups is 2. The van der Waals surface area contributed by atoms with Gasteiger partial charge in [0.1, 0.15) is 6.04 Å². The van der Waals surface area contributed by atoms with E-state index >= 15 is 0 Å². The Morgan fingerprint density at radius 2 is 2.04 bits per heavy atom. The summed E-state index contributed by atoms with van der Waals surface area (Å²) in [4.78, 5) is 28.3. The number of likely N-dealkylation sites (tertiary alicyclic amines) is 1. The number of aromatic amines is 1. The summed E-state index contributed by atoms with van der Waals surface area (Å²) >= 11 is 0. The van der Waals surface area contributed by atoms with Gasteiger partial charge in [-0.2, -0.15) is 0 Å². The van der Waals surface area contributed by atoms with E-state index < -0.39 is 23.9 Å². The average Bonchev–Trinajstić information content (AvgIpc) is 2.84. The van der Waals surface area contributed by atoms with E-state index in [0.717, 1.165) is 22.2 Å². The summed E-state index contributed by atoms with van der Waals surface area (Å²) in [5, 5.41) is 19.9. The lowest BCUT2D eigenvalue weighted by molar-refractivity contribution is -0.149. The van der Waals surface area contributed by atoms with Crippen LogP contribution in [-0.2, 0) is 9.59 Å². The zero-order valence-electron chi connectivity index (χ0n) is 13.0. The van der Waals surface area contributed by atoms with Gasteiger partial charge < -0.3 is 15.2 Å². The van der Waals surface area contributed by atoms with Crippen LogP contribution < -0.4 is 0 Å². The van der Waals surface area contributed by atoms with E-state index in [4.69, 9.17) is 0 Å². The quantitative estimate of drug-likeness (QED) is 0.805. The smallest absolute Gasteiger partial charge is 0.325 e. The van der Waals surface area contributed by atoms with Gasteiger partial charge in [0.05, 0.1) is 5.92 Å². The number of benzene rings is 1. The van der Waals surface area contributed by atoms with Crippen LogP contribution in [0.15, 0.2) is 24.3 Å². The normalized spacial score (nSPS) is 20.5. The van der Waals surface area contributed by atoms with Crippen molar-refractivity contribution >= 4 is 22.8 Å². The van der Waals surface area contributed by atoms with E-state index in [1.807, 2.05) is 31.2 Å². The lowest BCUT2D eigenvalue weighted by Crippen LogP contribution is -2.43. The summed E-state index contributed by atoms with van der Waals surface area (Å²) in [5.74, 6) is -2.30. The van der Waals surface area contributed by atoms with Crippen LogP contribution >= 0.6 is 0 Å². The number of para-hydroxylation sites is 1. The molecule has 2 atom stereocenters. The van der Waals surface area contributed by atoms with Crippen molar-refractivity contribution in [3.8, 4) is 0 Å². The van der Waals surface area contributed by atoms with Gasteiger partial charge in [-0.3, -0.25) is 14.5 Å². The van der Waals surface area contributed by atoms with E-state index in [1.54, 1.807) is 4.90 Å². The van der Waals surface area contributed by atoms with Crippen LogP contribution in [0, 0.1) is 12.8 Å². The third kappa shape index (κ3) is 2.82. The largest absolute Gasteiger partial charge is 0.481 e. The van der Waals surface area contributed by atoms with Crippen molar-refractivity contribution in [2.45, 2.75) is 25.8 Å². The van der Waals surface area contributed by atoms with E-state index in [9.17, 15) is 19.8 Å². The van der Waals surface area contributed by atoms with E-state index in [0.29, 0.717) is 19.4 Å². The molecule has 0 radical (unpaired) electrons. The number of H-pyrrole nitrogens is 1. The lowest BCUT2D eigenvalue weighted by atomic mass is 9.94. The number of piperidine rings is 1. The number of nitrogens with zero attached hydrogens (tertiary/aromatic N) is 1. The first-order valence-electron chi connectivity index (χ1n) is 7.76. The van der Waals surface area contributed by atoms with Gasteiger partial charge in [0.25, 0.3) is 0 Å². The van der Waals surface area contributed by atoms with Crippen molar-refractivity contribution in [2.75, 3.05) is 13.1 Å². The molecule has 0 unspecified atom stereocenters. The molecule has 3 rings (SSSR count). The molecule has 0 saturated carbocycles. The number of fused-ring (bicyclic) bond motifs is 1. The molecule has 1 fully saturated rings. The highest BCUT2D eigenvalue weighted by Gasteiger charge is 2.36. The molecule has 0 amide bonds. The van der Waals surface area contributed by atoms with Gasteiger partial charge in [-0.15, -0.1) is 0 Å². The average molecular weight is 316 g/mol. The third-order valence-electron chi connectivity index (χ3n) is 4.62. The van der Waals surface area contributed by atoms with Crippen LogP contribution in [0.5, 0.6) is 0 Å². The molecule has 1 saturated heterocycles. The van der Waals surface area contributed by atoms with Crippen LogP contribution in [0.1, 0.15) is 30.1 Å². The van der Waals surface area contributed by atoms with Crippen molar-refractivity contribution < 1.29 is 19.8 Å². The van der Waals surface area contributed by atoms with Crippen LogP contribution in [-0.4, -0.2) is 45.1 Å². The van der Waals surface area contributed by atoms with Crippen molar-refractivity contribution in [1.29, 1.82) is 0 Å². The first kappa shape index (κ1) is 15.6. The molecule has 0 spiro atoms. The Hall–Kier alpha value is -2.34. The minimum Gasteiger partial charge on any atom is -0.481 e. The summed E-state index contributed by atoms with van der Waals surface area (Å²) in [7, 11) is 0. The summed E-state index contributed by atoms with van der Waals surface area (Å²) in [6.07, 6.45) is 1.30. The SMILES string of the molecule is Cc1[nH]c2ccccc2c1[C@@H](C(=O)O)N1CCC[C@H](C(=O)O)C1. The standard InChI is InChI=1S/C17H20N2O4/c1-10-14(12-6-2-3-7-13(12)18-10)15(17(22)23)19-8-4-5-11(9-19)16(20)21/h2-3,6-7,11,15,18H,4-5,8-9H2,1H3,(H,20,21)(H,22,23)/t11-,15-/m0/s1. The molecule has 0 bridgehead atoms. The van der Waals surface area contributed by atoms with Gasteiger partial charge >= 0.3 is 11.9 Å². The van der Waals surface area contributed by atoms with Gasteiger partial charge in [-0.25, -0.2) is 0 Å². The van der Waals surface area contributed by atoms with Crippen LogP contribution in [0.3, 0.4) is 0 Å². The topological polar surface area (TPSA) is 93.6 Å². The number of carboxylic acids is 2. The Morgan fingerprint density at radius 3 is 2.74 bits per heavy atom. The highest BCUT2D eigenvalue weighted by molar-refractivity contribution is 5.90. The maximum atomic E-state index is 12.0. The molecular formula is C17H20N2O4. The Bertz CT molecular complexity index is 752. The molecular weight excluding hydrogens is 296 g/mol. The maximum Gasteiger partial charge on any atom is 0.325 e. The molecule has 1 aromatic carbocycles. The molecule has 23 heavy (non-hydrogen) atoms. The Kier molecular flexibility index (Phi) is 4.09. The predicted octanol–water partition coefficient (Wildman–Crippen LogP) is 2.40. The molecule has 0 aliphatic carbocycles. The second-order valence-electron chi connectivity index (χ2n) is 6.12. The fraction of sp³-hybridized carbons (Fsp3) is 0.412. The predicted molar refractivity (Wildman–Crippen MR) is 85.3 cm³/mol. The number of aryl methyl sites for hydroxylation is 1. The first-order valence-corrected chi connectivity index (χ1v) is 7.76. The van der Waals surface area contributed by atoms with Crippen molar-refractivity contribution in [2.24, 2.45) is 5.92 Å². The number of carboxylic acid groups (broad SMARTS) is 2. The number of hydrogen-bond donors (Lipinski definition) is 3. The van der Waals surface area contributed by atoms with Crippen molar-refractivity contribution in [1.82, 2.24) is 9.88 Å². The molecule has 3 N–H and O–H groups in total. The monoisotopic (exact) mass is 316 g/mol. The van der Waals surface area contributed by atoms with Gasteiger partial charge in [0, 0.05) is 28.7 Å². The van der Waals surface area contributed by atoms with E-state index in [2.05, 4.69) is 4.98 Å². The molecule has 1 aromatic heterocycles. The molecule has 6 nitrogen and oxygen atoms in total. The molecule has 6 heteroatoms. The Labute approximate surface area is 133 Å². The van der Waals surface area contributed by atoms with Gasteiger partial charge in [0.2, 0.25) is 0 Å². The fourth-order valence-electron chi connectivity index (χ4n) is 3.56. The second-order valence-corrected chi connectivity index (χ2v) is 6.12. The summed E-state index contributed by atoms with van der Waals surface area (Å²) in [5.41, 5.74) is 2.45. The summed E-state index contributed by atoms with van der Waals surface area (Å²) in [6.45, 7) is 2.73. The molecule has 2 aromatic rings. The Morgan fingerprint density at radius 1 is 1.30 bits per heavy atom. The van der Waals surface area contributed by atoms with Gasteiger partial charge in [-0.1, -0.05) is 18.2 Å². The first-order chi connectivity index (χ1) is 11.0. The number of hydrogen-bond acceptors (Lipinski definition) is 3. The van der Waals surface area contributed by atoms with Crippen LogP contribution in [0.4, 0.5) is 0 Å². The third-order valence-corrected chi connectivity index (χ3v) is 4.62. The highest BCUT2D eigenvalue weighted by atomic mass is 16.4. The minimum absolute atomic E-state index is 0.269. The number of aliphatic carboxylic acids is 2. The second kappa shape index (κ2) is 6.04.